The predicted molar refractivity (Wildman–Crippen MR) is 65.5 cm³/mol. The average molecular weight is 272 g/mol. The van der Waals surface area contributed by atoms with Crippen LogP contribution < -0.4 is 0 Å². The second kappa shape index (κ2) is 7.11. The van der Waals surface area contributed by atoms with Gasteiger partial charge >= 0.3 is 17.9 Å². The topological polar surface area (TPSA) is 101 Å². The van der Waals surface area contributed by atoms with Gasteiger partial charge in [0, 0.05) is 0 Å². The Labute approximate surface area is 111 Å². The van der Waals surface area contributed by atoms with E-state index in [1.165, 1.54) is 0 Å². The Hall–Kier alpha value is -1.59. The predicted octanol–water partition coefficient (Wildman–Crippen LogP) is 1.67. The fraction of sp³-hybridized carbons (Fsp3) is 0.769. The molecule has 3 unspecified atom stereocenters. The summed E-state index contributed by atoms with van der Waals surface area (Å²) >= 11 is 0. The van der Waals surface area contributed by atoms with E-state index >= 15 is 0 Å². The number of ether oxygens (including phenoxy) is 1. The Kier molecular flexibility index (Phi) is 5.79. The molecule has 0 spiro atoms. The molecular formula is C13H20O6. The first-order valence-corrected chi connectivity index (χ1v) is 6.60. The van der Waals surface area contributed by atoms with Crippen LogP contribution in [-0.4, -0.2) is 34.2 Å². The van der Waals surface area contributed by atoms with Gasteiger partial charge in [0.05, 0.1) is 18.3 Å². The highest BCUT2D eigenvalue weighted by molar-refractivity contribution is 5.81. The Bertz CT molecular complexity index is 351. The lowest BCUT2D eigenvalue weighted by atomic mass is 9.79. The number of hydrogen-bond donors (Lipinski definition) is 2. The molecule has 0 aromatic carbocycles. The lowest BCUT2D eigenvalue weighted by Crippen LogP contribution is -2.35. The molecule has 6 heteroatoms. The molecule has 108 valence electrons. The summed E-state index contributed by atoms with van der Waals surface area (Å²) in [5, 5.41) is 17.8. The number of carboxylic acid groups (broad SMARTS) is 2. The second-order valence-corrected chi connectivity index (χ2v) is 4.90. The van der Waals surface area contributed by atoms with Crippen LogP contribution in [0.1, 0.15) is 45.4 Å². The van der Waals surface area contributed by atoms with E-state index in [1.807, 2.05) is 0 Å². The summed E-state index contributed by atoms with van der Waals surface area (Å²) in [7, 11) is 0. The molecule has 1 aliphatic rings. The van der Waals surface area contributed by atoms with Gasteiger partial charge in [0.15, 0.2) is 0 Å². The van der Waals surface area contributed by atoms with Gasteiger partial charge in [-0.25, -0.2) is 0 Å². The average Bonchev–Trinajstić information content (AvgIpc) is 2.37. The second-order valence-electron chi connectivity index (χ2n) is 4.90. The van der Waals surface area contributed by atoms with Crippen molar-refractivity contribution in [3.05, 3.63) is 0 Å². The zero-order valence-electron chi connectivity index (χ0n) is 11.0. The van der Waals surface area contributed by atoms with Gasteiger partial charge in [-0.1, -0.05) is 19.8 Å². The zero-order valence-corrected chi connectivity index (χ0v) is 11.0. The number of carboxylic acids is 2. The van der Waals surface area contributed by atoms with E-state index in [9.17, 15) is 14.4 Å². The molecule has 1 saturated carbocycles. The summed E-state index contributed by atoms with van der Waals surface area (Å²) < 4.78 is 5.15. The molecule has 0 saturated heterocycles. The van der Waals surface area contributed by atoms with Crippen LogP contribution in [0.15, 0.2) is 0 Å². The first-order valence-electron chi connectivity index (χ1n) is 6.60. The summed E-state index contributed by atoms with van der Waals surface area (Å²) in [6, 6.07) is 0. The van der Waals surface area contributed by atoms with Crippen molar-refractivity contribution in [3.63, 3.8) is 0 Å². The molecule has 0 bridgehead atoms. The van der Waals surface area contributed by atoms with Crippen molar-refractivity contribution in [2.45, 2.75) is 51.6 Å². The highest BCUT2D eigenvalue weighted by Gasteiger charge is 2.37. The molecule has 2 N–H and O–H groups in total. The van der Waals surface area contributed by atoms with Crippen LogP contribution in [0.3, 0.4) is 0 Å². The maximum Gasteiger partial charge on any atom is 0.310 e. The summed E-state index contributed by atoms with van der Waals surface area (Å²) in [5.74, 6) is -3.93. The summed E-state index contributed by atoms with van der Waals surface area (Å²) in [4.78, 5) is 33.7. The highest BCUT2D eigenvalue weighted by Crippen LogP contribution is 2.31. The van der Waals surface area contributed by atoms with Crippen LogP contribution in [0, 0.1) is 11.8 Å². The zero-order chi connectivity index (χ0) is 14.4. The molecule has 0 radical (unpaired) electrons. The number of rotatable bonds is 6. The standard InChI is InChI=1S/C13H20O6/c1-2-8(7-11(14)15)19-13(18)10-6-4-3-5-9(10)12(16)17/h8-10H,2-7H2,1H3,(H,14,15)(H,16,17). The van der Waals surface area contributed by atoms with Crippen LogP contribution in [0.25, 0.3) is 0 Å². The van der Waals surface area contributed by atoms with Crippen molar-refractivity contribution in [1.29, 1.82) is 0 Å². The van der Waals surface area contributed by atoms with Crippen LogP contribution in [-0.2, 0) is 19.1 Å². The molecule has 0 aliphatic heterocycles. The van der Waals surface area contributed by atoms with Gasteiger partial charge in [0.1, 0.15) is 6.10 Å². The Morgan fingerprint density at radius 3 is 2.21 bits per heavy atom. The molecule has 19 heavy (non-hydrogen) atoms. The van der Waals surface area contributed by atoms with Crippen molar-refractivity contribution in [1.82, 2.24) is 0 Å². The first kappa shape index (κ1) is 15.5. The quantitative estimate of drug-likeness (QED) is 0.713. The lowest BCUT2D eigenvalue weighted by Gasteiger charge is -2.28. The van der Waals surface area contributed by atoms with Crippen LogP contribution in [0.2, 0.25) is 0 Å². The SMILES string of the molecule is CCC(CC(=O)O)OC(=O)C1CCCCC1C(=O)O. The van der Waals surface area contributed by atoms with Crippen molar-refractivity contribution in [2.24, 2.45) is 11.8 Å². The molecule has 0 aromatic rings. The minimum atomic E-state index is -1.03. The largest absolute Gasteiger partial charge is 0.481 e. The highest BCUT2D eigenvalue weighted by atomic mass is 16.5. The molecule has 0 heterocycles. The van der Waals surface area contributed by atoms with Gasteiger partial charge in [-0.05, 0) is 19.3 Å². The van der Waals surface area contributed by atoms with Crippen LogP contribution in [0.5, 0.6) is 0 Å². The molecule has 3 atom stereocenters. The lowest BCUT2D eigenvalue weighted by molar-refractivity contribution is -0.165. The van der Waals surface area contributed by atoms with Crippen molar-refractivity contribution >= 4 is 17.9 Å². The van der Waals surface area contributed by atoms with Crippen molar-refractivity contribution < 1.29 is 29.3 Å². The maximum atomic E-state index is 12.0. The molecule has 1 aliphatic carbocycles. The minimum absolute atomic E-state index is 0.243. The van der Waals surface area contributed by atoms with Crippen molar-refractivity contribution in [2.75, 3.05) is 0 Å². The number of carbonyl (C=O) groups is 3. The Morgan fingerprint density at radius 2 is 1.74 bits per heavy atom. The molecule has 0 aromatic heterocycles. The molecule has 0 amide bonds. The molecule has 6 nitrogen and oxygen atoms in total. The number of esters is 1. The third kappa shape index (κ3) is 4.54. The Morgan fingerprint density at radius 1 is 1.16 bits per heavy atom. The normalized spacial score (nSPS) is 24.5. The smallest absolute Gasteiger partial charge is 0.310 e. The van der Waals surface area contributed by atoms with Gasteiger partial charge in [0.2, 0.25) is 0 Å². The maximum absolute atomic E-state index is 12.0. The summed E-state index contributed by atoms with van der Waals surface area (Å²) in [6.07, 6.45) is 2.06. The Balaban J connectivity index is 2.63. The van der Waals surface area contributed by atoms with Gasteiger partial charge in [-0.15, -0.1) is 0 Å². The van der Waals surface area contributed by atoms with E-state index < -0.39 is 35.8 Å². The number of aliphatic carboxylic acids is 2. The third-order valence-corrected chi connectivity index (χ3v) is 3.53. The molecule has 1 fully saturated rings. The van der Waals surface area contributed by atoms with E-state index in [0.717, 1.165) is 12.8 Å². The minimum Gasteiger partial charge on any atom is -0.481 e. The van der Waals surface area contributed by atoms with E-state index in [0.29, 0.717) is 19.3 Å². The number of hydrogen-bond acceptors (Lipinski definition) is 4. The van der Waals surface area contributed by atoms with Gasteiger partial charge in [-0.3, -0.25) is 14.4 Å². The van der Waals surface area contributed by atoms with E-state index in [2.05, 4.69) is 0 Å². The first-order chi connectivity index (χ1) is 8.95. The number of carbonyl (C=O) groups excluding carboxylic acids is 1. The monoisotopic (exact) mass is 272 g/mol. The van der Waals surface area contributed by atoms with Crippen LogP contribution in [0.4, 0.5) is 0 Å². The summed E-state index contributed by atoms with van der Waals surface area (Å²) in [5.41, 5.74) is 0. The van der Waals surface area contributed by atoms with Gasteiger partial charge in [-0.2, -0.15) is 0 Å². The third-order valence-electron chi connectivity index (χ3n) is 3.53. The van der Waals surface area contributed by atoms with E-state index in [1.54, 1.807) is 6.92 Å². The fourth-order valence-corrected chi connectivity index (χ4v) is 2.42. The van der Waals surface area contributed by atoms with Gasteiger partial charge < -0.3 is 14.9 Å². The molecular weight excluding hydrogens is 252 g/mol. The molecule has 1 rings (SSSR count). The van der Waals surface area contributed by atoms with Gasteiger partial charge in [0.25, 0.3) is 0 Å². The summed E-state index contributed by atoms with van der Waals surface area (Å²) in [6.45, 7) is 1.73. The van der Waals surface area contributed by atoms with Crippen LogP contribution >= 0.6 is 0 Å². The van der Waals surface area contributed by atoms with Crippen molar-refractivity contribution in [3.8, 4) is 0 Å². The van der Waals surface area contributed by atoms with E-state index in [4.69, 9.17) is 14.9 Å². The fourth-order valence-electron chi connectivity index (χ4n) is 2.42. The van der Waals surface area contributed by atoms with E-state index in [-0.39, 0.29) is 6.42 Å².